The molecule has 0 saturated carbocycles. The maximum Gasteiger partial charge on any atom is 0.280 e. The lowest BCUT2D eigenvalue weighted by Gasteiger charge is -2.31. The Balaban J connectivity index is 1.41. The summed E-state index contributed by atoms with van der Waals surface area (Å²) in [7, 11) is 0. The van der Waals surface area contributed by atoms with Gasteiger partial charge in [-0.3, -0.25) is 4.79 Å². The van der Waals surface area contributed by atoms with Gasteiger partial charge in [0.25, 0.3) is 11.8 Å². The molecule has 0 aliphatic carbocycles. The molecular weight excluding hydrogens is 375 g/mol. The number of benzene rings is 1. The Hall–Kier alpha value is -2.81. The highest BCUT2D eigenvalue weighted by Gasteiger charge is 2.26. The smallest absolute Gasteiger partial charge is 0.280 e. The van der Waals surface area contributed by atoms with Crippen molar-refractivity contribution in [2.45, 2.75) is 25.8 Å². The van der Waals surface area contributed by atoms with Crippen molar-refractivity contribution in [1.29, 1.82) is 0 Å². The standard InChI is InChI=1S/C17H16ClFN6O2/c1-10-20-16(27-22-10)15-9-25(23-21-15)12-4-6-24(7-5-12)17(26)11-2-3-14(19)13(18)8-11/h2-3,8-9,12H,4-7H2,1H3. The lowest BCUT2D eigenvalue weighted by atomic mass is 10.0. The van der Waals surface area contributed by atoms with Crippen LogP contribution < -0.4 is 0 Å². The van der Waals surface area contributed by atoms with Gasteiger partial charge in [-0.25, -0.2) is 9.07 Å². The minimum absolute atomic E-state index is 0.0536. The van der Waals surface area contributed by atoms with Gasteiger partial charge < -0.3 is 9.42 Å². The number of rotatable bonds is 3. The van der Waals surface area contributed by atoms with Crippen LogP contribution in [0.3, 0.4) is 0 Å². The zero-order valence-corrected chi connectivity index (χ0v) is 15.2. The molecule has 0 radical (unpaired) electrons. The predicted molar refractivity (Wildman–Crippen MR) is 93.6 cm³/mol. The fourth-order valence-corrected chi connectivity index (χ4v) is 3.28. The van der Waals surface area contributed by atoms with E-state index in [1.54, 1.807) is 22.7 Å². The summed E-state index contributed by atoms with van der Waals surface area (Å²) in [5.74, 6) is 0.174. The molecule has 0 bridgehead atoms. The van der Waals surface area contributed by atoms with Crippen LogP contribution in [0, 0.1) is 12.7 Å². The number of aryl methyl sites for hydroxylation is 1. The molecule has 1 aliphatic heterocycles. The second-order valence-electron chi connectivity index (χ2n) is 6.38. The first kappa shape index (κ1) is 17.6. The van der Waals surface area contributed by atoms with Gasteiger partial charge in [-0.1, -0.05) is 22.0 Å². The Kier molecular flexibility index (Phi) is 4.61. The summed E-state index contributed by atoms with van der Waals surface area (Å²) < 4.78 is 20.2. The Bertz CT molecular complexity index is 979. The normalized spacial score (nSPS) is 15.3. The van der Waals surface area contributed by atoms with Crippen molar-refractivity contribution in [1.82, 2.24) is 30.0 Å². The minimum atomic E-state index is -0.537. The molecule has 140 valence electrons. The van der Waals surface area contributed by atoms with Crippen LogP contribution in [0.5, 0.6) is 0 Å². The van der Waals surface area contributed by atoms with E-state index in [0.717, 1.165) is 12.8 Å². The van der Waals surface area contributed by atoms with Gasteiger partial charge in [-0.2, -0.15) is 4.98 Å². The summed E-state index contributed by atoms with van der Waals surface area (Å²) >= 11 is 5.77. The Labute approximate surface area is 158 Å². The number of carbonyl (C=O) groups is 1. The van der Waals surface area contributed by atoms with E-state index in [2.05, 4.69) is 20.5 Å². The number of piperidine rings is 1. The molecule has 1 saturated heterocycles. The van der Waals surface area contributed by atoms with Crippen molar-refractivity contribution in [3.63, 3.8) is 0 Å². The third-order valence-corrected chi connectivity index (χ3v) is 4.84. The van der Waals surface area contributed by atoms with Crippen LogP contribution in [0.15, 0.2) is 28.9 Å². The van der Waals surface area contributed by atoms with Crippen LogP contribution >= 0.6 is 11.6 Å². The molecule has 10 heteroatoms. The Morgan fingerprint density at radius 1 is 1.33 bits per heavy atom. The van der Waals surface area contributed by atoms with E-state index in [-0.39, 0.29) is 17.0 Å². The quantitative estimate of drug-likeness (QED) is 0.683. The highest BCUT2D eigenvalue weighted by Crippen LogP contribution is 2.25. The number of amides is 1. The highest BCUT2D eigenvalue weighted by atomic mass is 35.5. The molecule has 0 unspecified atom stereocenters. The van der Waals surface area contributed by atoms with Crippen molar-refractivity contribution in [3.05, 3.63) is 46.6 Å². The average Bonchev–Trinajstić information content (AvgIpc) is 3.32. The number of likely N-dealkylation sites (tertiary alicyclic amines) is 1. The molecule has 8 nitrogen and oxygen atoms in total. The molecule has 27 heavy (non-hydrogen) atoms. The van der Waals surface area contributed by atoms with Gasteiger partial charge in [0.15, 0.2) is 11.5 Å². The largest absolute Gasteiger partial charge is 0.338 e. The van der Waals surface area contributed by atoms with E-state index in [0.29, 0.717) is 36.1 Å². The Morgan fingerprint density at radius 2 is 2.11 bits per heavy atom. The van der Waals surface area contributed by atoms with Gasteiger partial charge >= 0.3 is 0 Å². The fourth-order valence-electron chi connectivity index (χ4n) is 3.10. The number of aromatic nitrogens is 5. The van der Waals surface area contributed by atoms with Crippen LogP contribution in [0.2, 0.25) is 5.02 Å². The van der Waals surface area contributed by atoms with Crippen LogP contribution in [0.25, 0.3) is 11.6 Å². The lowest BCUT2D eigenvalue weighted by molar-refractivity contribution is 0.0689. The summed E-state index contributed by atoms with van der Waals surface area (Å²) in [4.78, 5) is 18.5. The molecule has 1 fully saturated rings. The molecule has 1 aliphatic rings. The van der Waals surface area contributed by atoms with Gasteiger partial charge in [0.2, 0.25) is 0 Å². The van der Waals surface area contributed by atoms with Crippen LogP contribution in [-0.4, -0.2) is 49.0 Å². The molecular formula is C17H16ClFN6O2. The number of nitrogens with zero attached hydrogens (tertiary/aromatic N) is 6. The SMILES string of the molecule is Cc1noc(-c2cn(C3CCN(C(=O)c4ccc(F)c(Cl)c4)CC3)nn2)n1. The summed E-state index contributed by atoms with van der Waals surface area (Å²) in [6.45, 7) is 2.86. The van der Waals surface area contributed by atoms with Crippen molar-refractivity contribution in [3.8, 4) is 11.6 Å². The topological polar surface area (TPSA) is 89.9 Å². The van der Waals surface area contributed by atoms with Gasteiger partial charge in [-0.15, -0.1) is 5.10 Å². The summed E-state index contributed by atoms with van der Waals surface area (Å²) in [5, 5.41) is 11.9. The van der Waals surface area contributed by atoms with Gasteiger partial charge in [0.1, 0.15) is 5.82 Å². The molecule has 3 aromatic rings. The first-order valence-corrected chi connectivity index (χ1v) is 8.86. The first-order chi connectivity index (χ1) is 13.0. The first-order valence-electron chi connectivity index (χ1n) is 8.48. The number of carbonyl (C=O) groups excluding carboxylic acids is 1. The zero-order valence-electron chi connectivity index (χ0n) is 14.5. The summed E-state index contributed by atoms with van der Waals surface area (Å²) in [5.41, 5.74) is 0.907. The minimum Gasteiger partial charge on any atom is -0.338 e. The molecule has 0 spiro atoms. The monoisotopic (exact) mass is 390 g/mol. The molecule has 1 aromatic carbocycles. The molecule has 2 aromatic heterocycles. The van der Waals surface area contributed by atoms with Gasteiger partial charge in [0.05, 0.1) is 17.3 Å². The molecule has 0 N–H and O–H groups in total. The Morgan fingerprint density at radius 3 is 2.78 bits per heavy atom. The molecule has 3 heterocycles. The molecule has 4 rings (SSSR count). The van der Waals surface area contributed by atoms with E-state index in [4.69, 9.17) is 16.1 Å². The van der Waals surface area contributed by atoms with E-state index in [9.17, 15) is 9.18 Å². The third kappa shape index (κ3) is 3.55. The van der Waals surface area contributed by atoms with E-state index in [1.807, 2.05) is 0 Å². The van der Waals surface area contributed by atoms with E-state index in [1.165, 1.54) is 18.2 Å². The number of hydrogen-bond acceptors (Lipinski definition) is 6. The van der Waals surface area contributed by atoms with Crippen LogP contribution in [-0.2, 0) is 0 Å². The average molecular weight is 391 g/mol. The zero-order chi connectivity index (χ0) is 19.0. The van der Waals surface area contributed by atoms with E-state index >= 15 is 0 Å². The second-order valence-corrected chi connectivity index (χ2v) is 6.79. The fraction of sp³-hybridized carbons (Fsp3) is 0.353. The second kappa shape index (κ2) is 7.07. The van der Waals surface area contributed by atoms with Gasteiger partial charge in [-0.05, 0) is 38.0 Å². The van der Waals surface area contributed by atoms with Crippen LogP contribution in [0.4, 0.5) is 4.39 Å². The maximum atomic E-state index is 13.3. The lowest BCUT2D eigenvalue weighted by Crippen LogP contribution is -2.39. The third-order valence-electron chi connectivity index (χ3n) is 4.55. The van der Waals surface area contributed by atoms with Crippen molar-refractivity contribution in [2.24, 2.45) is 0 Å². The molecule has 0 atom stereocenters. The van der Waals surface area contributed by atoms with Crippen molar-refractivity contribution < 1.29 is 13.7 Å². The number of halogens is 2. The summed E-state index contributed by atoms with van der Waals surface area (Å²) in [6, 6.07) is 4.14. The van der Waals surface area contributed by atoms with Crippen LogP contribution in [0.1, 0.15) is 35.1 Å². The van der Waals surface area contributed by atoms with Crippen molar-refractivity contribution in [2.75, 3.05) is 13.1 Å². The van der Waals surface area contributed by atoms with E-state index < -0.39 is 5.82 Å². The maximum absolute atomic E-state index is 13.3. The van der Waals surface area contributed by atoms with Crippen molar-refractivity contribution >= 4 is 17.5 Å². The molecule has 1 amide bonds. The summed E-state index contributed by atoms with van der Waals surface area (Å²) in [6.07, 6.45) is 3.23. The predicted octanol–water partition coefficient (Wildman–Crippen LogP) is 2.91. The number of hydrogen-bond donors (Lipinski definition) is 0. The highest BCUT2D eigenvalue weighted by molar-refractivity contribution is 6.31. The van der Waals surface area contributed by atoms with Gasteiger partial charge in [0, 0.05) is 18.7 Å².